The first-order valence-corrected chi connectivity index (χ1v) is 12.8. The third kappa shape index (κ3) is 5.15. The summed E-state index contributed by atoms with van der Waals surface area (Å²) in [4.78, 5) is 31.5. The first kappa shape index (κ1) is 24.7. The van der Waals surface area contributed by atoms with Crippen LogP contribution in [0.2, 0.25) is 0 Å². The number of amides is 2. The van der Waals surface area contributed by atoms with Crippen molar-refractivity contribution < 1.29 is 27.6 Å². The predicted octanol–water partition coefficient (Wildman–Crippen LogP) is 2.27. The zero-order valence-corrected chi connectivity index (χ0v) is 19.8. The summed E-state index contributed by atoms with van der Waals surface area (Å²) in [5.74, 6) is 0.0191. The summed E-state index contributed by atoms with van der Waals surface area (Å²) < 4.78 is 30.6. The zero-order valence-electron chi connectivity index (χ0n) is 19.0. The van der Waals surface area contributed by atoms with Gasteiger partial charge in [-0.15, -0.1) is 0 Å². The van der Waals surface area contributed by atoms with Gasteiger partial charge < -0.3 is 9.64 Å². The van der Waals surface area contributed by atoms with Crippen LogP contribution in [0.15, 0.2) is 29.2 Å². The number of piperidine rings is 1. The summed E-state index contributed by atoms with van der Waals surface area (Å²) >= 11 is 0. The van der Waals surface area contributed by atoms with Crippen LogP contribution < -0.4 is 5.48 Å². The number of aryl methyl sites for hydroxylation is 1. The lowest BCUT2D eigenvalue weighted by atomic mass is 9.91. The minimum atomic E-state index is -3.93. The number of likely N-dealkylation sites (tertiary alicyclic amines) is 1. The Hall–Kier alpha value is -1.97. The molecule has 0 saturated carbocycles. The molecule has 8 nitrogen and oxygen atoms in total. The molecule has 178 valence electrons. The van der Waals surface area contributed by atoms with Gasteiger partial charge >= 0.3 is 0 Å². The number of ether oxygens (including phenoxy) is 1. The highest BCUT2D eigenvalue weighted by atomic mass is 32.2. The molecule has 1 atom stereocenters. The fourth-order valence-electron chi connectivity index (χ4n) is 4.69. The number of nitrogens with one attached hydrogen (secondary N) is 1. The van der Waals surface area contributed by atoms with E-state index < -0.39 is 20.5 Å². The van der Waals surface area contributed by atoms with Gasteiger partial charge in [-0.3, -0.25) is 14.4 Å². The average molecular weight is 467 g/mol. The maximum atomic E-state index is 13.5. The Balaban J connectivity index is 1.68. The number of hydrogen-bond acceptors (Lipinski definition) is 6. The maximum Gasteiger partial charge on any atom is 0.265 e. The second-order valence-corrected chi connectivity index (χ2v) is 10.9. The fraction of sp³-hybridized carbons (Fsp3) is 0.652. The van der Waals surface area contributed by atoms with E-state index in [-0.39, 0.29) is 36.9 Å². The van der Waals surface area contributed by atoms with E-state index in [0.29, 0.717) is 12.3 Å². The molecule has 1 N–H and O–H groups in total. The van der Waals surface area contributed by atoms with E-state index in [9.17, 15) is 18.0 Å². The topological polar surface area (TPSA) is 102 Å². The standard InChI is InChI=1S/C23H34N2O6S/c1-3-21(26)25-14-4-5-19(17-25)7-6-18-8-10-20(11-9-18)32(28,29)23(22(27)24-30-2)12-15-31-16-13-23/h8-11,19H,3-7,12-17H2,1-2H3,(H,24,27). The van der Waals surface area contributed by atoms with Crippen molar-refractivity contribution >= 4 is 21.7 Å². The Morgan fingerprint density at radius 2 is 1.91 bits per heavy atom. The van der Waals surface area contributed by atoms with E-state index in [1.165, 1.54) is 7.11 Å². The molecule has 2 fully saturated rings. The van der Waals surface area contributed by atoms with Gasteiger partial charge in [0.05, 0.1) is 12.0 Å². The van der Waals surface area contributed by atoms with Crippen LogP contribution in [0, 0.1) is 5.92 Å². The van der Waals surface area contributed by atoms with Gasteiger partial charge in [0.25, 0.3) is 5.91 Å². The molecule has 2 heterocycles. The van der Waals surface area contributed by atoms with Crippen molar-refractivity contribution in [2.45, 2.75) is 61.5 Å². The predicted molar refractivity (Wildman–Crippen MR) is 119 cm³/mol. The Morgan fingerprint density at radius 1 is 1.22 bits per heavy atom. The van der Waals surface area contributed by atoms with E-state index in [2.05, 4.69) is 5.48 Å². The van der Waals surface area contributed by atoms with E-state index in [1.807, 2.05) is 24.0 Å². The van der Waals surface area contributed by atoms with Crippen molar-refractivity contribution in [1.29, 1.82) is 0 Å². The highest BCUT2D eigenvalue weighted by Gasteiger charge is 2.52. The van der Waals surface area contributed by atoms with E-state index in [1.54, 1.807) is 12.1 Å². The quantitative estimate of drug-likeness (QED) is 0.590. The van der Waals surface area contributed by atoms with Crippen LogP contribution >= 0.6 is 0 Å². The molecule has 2 aliphatic rings. The molecule has 9 heteroatoms. The minimum Gasteiger partial charge on any atom is -0.381 e. The molecule has 3 rings (SSSR count). The normalized spacial score (nSPS) is 21.2. The van der Waals surface area contributed by atoms with Crippen molar-refractivity contribution in [2.75, 3.05) is 33.4 Å². The van der Waals surface area contributed by atoms with Gasteiger partial charge in [-0.1, -0.05) is 19.1 Å². The lowest BCUT2D eigenvalue weighted by Crippen LogP contribution is -2.55. The molecule has 0 radical (unpaired) electrons. The molecule has 1 unspecified atom stereocenters. The largest absolute Gasteiger partial charge is 0.381 e. The minimum absolute atomic E-state index is 0.0843. The van der Waals surface area contributed by atoms with Crippen LogP contribution in [0.4, 0.5) is 0 Å². The van der Waals surface area contributed by atoms with Gasteiger partial charge in [0.15, 0.2) is 14.6 Å². The molecular formula is C23H34N2O6S. The summed E-state index contributed by atoms with van der Waals surface area (Å²) in [6.45, 7) is 3.95. The van der Waals surface area contributed by atoms with Gasteiger partial charge in [0.1, 0.15) is 0 Å². The van der Waals surface area contributed by atoms with Crippen molar-refractivity contribution in [3.63, 3.8) is 0 Å². The number of carbonyl (C=O) groups excluding carboxylic acids is 2. The molecule has 1 aromatic rings. The number of rotatable bonds is 8. The number of hydrogen-bond donors (Lipinski definition) is 1. The molecule has 0 aliphatic carbocycles. The Bertz CT molecular complexity index is 894. The lowest BCUT2D eigenvalue weighted by molar-refractivity contribution is -0.136. The molecule has 0 spiro atoms. The molecule has 2 amide bonds. The van der Waals surface area contributed by atoms with Gasteiger partial charge in [0.2, 0.25) is 5.91 Å². The molecule has 0 aromatic heterocycles. The number of carbonyl (C=O) groups is 2. The molecule has 32 heavy (non-hydrogen) atoms. The lowest BCUT2D eigenvalue weighted by Gasteiger charge is -2.34. The molecule has 0 bridgehead atoms. The van der Waals surface area contributed by atoms with Crippen LogP contribution in [0.25, 0.3) is 0 Å². The molecule has 2 saturated heterocycles. The van der Waals surface area contributed by atoms with E-state index in [4.69, 9.17) is 9.57 Å². The molecular weight excluding hydrogens is 432 g/mol. The van der Waals surface area contributed by atoms with Crippen LogP contribution in [0.1, 0.15) is 51.0 Å². The third-order valence-corrected chi connectivity index (χ3v) is 9.19. The average Bonchev–Trinajstić information content (AvgIpc) is 2.83. The number of sulfone groups is 1. The monoisotopic (exact) mass is 466 g/mol. The van der Waals surface area contributed by atoms with Crippen LogP contribution in [0.5, 0.6) is 0 Å². The Morgan fingerprint density at radius 3 is 2.53 bits per heavy atom. The third-order valence-electron chi connectivity index (χ3n) is 6.67. The zero-order chi connectivity index (χ0) is 23.2. The maximum absolute atomic E-state index is 13.5. The van der Waals surface area contributed by atoms with E-state index in [0.717, 1.165) is 44.3 Å². The Kier molecular flexibility index (Phi) is 8.30. The summed E-state index contributed by atoms with van der Waals surface area (Å²) in [7, 11) is -2.65. The van der Waals surface area contributed by atoms with Crippen molar-refractivity contribution in [2.24, 2.45) is 5.92 Å². The first-order chi connectivity index (χ1) is 15.3. The van der Waals surface area contributed by atoms with Gasteiger partial charge in [-0.25, -0.2) is 13.9 Å². The highest BCUT2D eigenvalue weighted by Crippen LogP contribution is 2.35. The summed E-state index contributed by atoms with van der Waals surface area (Å²) in [5, 5.41) is 0. The highest BCUT2D eigenvalue weighted by molar-refractivity contribution is 7.93. The fourth-order valence-corrected chi connectivity index (χ4v) is 6.62. The SMILES string of the molecule is CCC(=O)N1CCCC(CCc2ccc(S(=O)(=O)C3(C(=O)NOC)CCOCC3)cc2)C1. The van der Waals surface area contributed by atoms with Crippen molar-refractivity contribution in [3.8, 4) is 0 Å². The van der Waals surface area contributed by atoms with Crippen LogP contribution in [-0.2, 0) is 35.4 Å². The van der Waals surface area contributed by atoms with Crippen molar-refractivity contribution in [1.82, 2.24) is 10.4 Å². The second kappa shape index (κ2) is 10.8. The van der Waals surface area contributed by atoms with E-state index >= 15 is 0 Å². The van der Waals surface area contributed by atoms with Crippen molar-refractivity contribution in [3.05, 3.63) is 29.8 Å². The molecule has 1 aromatic carbocycles. The number of nitrogens with zero attached hydrogens (tertiary/aromatic N) is 1. The Labute approximate surface area is 190 Å². The smallest absolute Gasteiger partial charge is 0.265 e. The van der Waals surface area contributed by atoms with Crippen LogP contribution in [0.3, 0.4) is 0 Å². The van der Waals surface area contributed by atoms with Gasteiger partial charge in [0, 0.05) is 32.7 Å². The summed E-state index contributed by atoms with van der Waals surface area (Å²) in [6.07, 6.45) is 4.63. The summed E-state index contributed by atoms with van der Waals surface area (Å²) in [5.41, 5.74) is 3.26. The second-order valence-electron chi connectivity index (χ2n) is 8.63. The van der Waals surface area contributed by atoms with Gasteiger partial charge in [-0.2, -0.15) is 0 Å². The first-order valence-electron chi connectivity index (χ1n) is 11.4. The molecule has 2 aliphatic heterocycles. The van der Waals surface area contributed by atoms with Gasteiger partial charge in [-0.05, 0) is 62.1 Å². The van der Waals surface area contributed by atoms with Crippen LogP contribution in [-0.4, -0.2) is 63.3 Å². The number of hydroxylamine groups is 1. The summed E-state index contributed by atoms with van der Waals surface area (Å²) in [6, 6.07) is 6.84. The number of benzene rings is 1.